The first-order chi connectivity index (χ1) is 9.81. The summed E-state index contributed by atoms with van der Waals surface area (Å²) in [5.41, 5.74) is 1.33. The molecule has 0 radical (unpaired) electrons. The Balaban J connectivity index is 1.72. The molecule has 20 heavy (non-hydrogen) atoms. The molecule has 0 amide bonds. The highest BCUT2D eigenvalue weighted by Crippen LogP contribution is 2.18. The van der Waals surface area contributed by atoms with E-state index in [9.17, 15) is 0 Å². The van der Waals surface area contributed by atoms with E-state index in [2.05, 4.69) is 30.4 Å². The van der Waals surface area contributed by atoms with E-state index >= 15 is 0 Å². The molecular formula is C17H27NO2. The molecule has 0 spiro atoms. The van der Waals surface area contributed by atoms with Gasteiger partial charge >= 0.3 is 0 Å². The average molecular weight is 277 g/mol. The van der Waals surface area contributed by atoms with Crippen molar-refractivity contribution < 1.29 is 9.47 Å². The molecule has 3 nitrogen and oxygen atoms in total. The SMILES string of the molecule is CCCC1CC(NCCc2cccc(OC)c2)CCO1. The Morgan fingerprint density at radius 3 is 3.10 bits per heavy atom. The van der Waals surface area contributed by atoms with Gasteiger partial charge in [0.25, 0.3) is 0 Å². The van der Waals surface area contributed by atoms with Crippen LogP contribution in [0.4, 0.5) is 0 Å². The van der Waals surface area contributed by atoms with Crippen molar-refractivity contribution in [3.63, 3.8) is 0 Å². The van der Waals surface area contributed by atoms with Gasteiger partial charge in [0, 0.05) is 12.6 Å². The maximum absolute atomic E-state index is 5.79. The molecule has 1 saturated heterocycles. The fraction of sp³-hybridized carbons (Fsp3) is 0.647. The summed E-state index contributed by atoms with van der Waals surface area (Å²) >= 11 is 0. The molecule has 2 unspecified atom stereocenters. The lowest BCUT2D eigenvalue weighted by molar-refractivity contribution is -0.00300. The van der Waals surface area contributed by atoms with Crippen LogP contribution >= 0.6 is 0 Å². The van der Waals surface area contributed by atoms with Gasteiger partial charge < -0.3 is 14.8 Å². The standard InChI is InChI=1S/C17H27NO2/c1-3-5-17-13-15(9-11-20-17)18-10-8-14-6-4-7-16(12-14)19-2/h4,6-7,12,15,17-18H,3,5,8-11,13H2,1-2H3. The van der Waals surface area contributed by atoms with Gasteiger partial charge in [-0.05, 0) is 49.9 Å². The Morgan fingerprint density at radius 2 is 2.30 bits per heavy atom. The molecule has 3 heteroatoms. The summed E-state index contributed by atoms with van der Waals surface area (Å²) in [6.07, 6.45) is 6.20. The Labute approximate surface area is 122 Å². The van der Waals surface area contributed by atoms with Gasteiger partial charge in [-0.2, -0.15) is 0 Å². The van der Waals surface area contributed by atoms with Crippen LogP contribution in [0.2, 0.25) is 0 Å². The van der Waals surface area contributed by atoms with Crippen LogP contribution in [0, 0.1) is 0 Å². The van der Waals surface area contributed by atoms with Crippen molar-refractivity contribution >= 4 is 0 Å². The quantitative estimate of drug-likeness (QED) is 0.830. The van der Waals surface area contributed by atoms with Gasteiger partial charge in [-0.3, -0.25) is 0 Å². The molecule has 112 valence electrons. The lowest BCUT2D eigenvalue weighted by Gasteiger charge is -2.30. The van der Waals surface area contributed by atoms with Gasteiger partial charge in [0.1, 0.15) is 5.75 Å². The van der Waals surface area contributed by atoms with E-state index in [1.54, 1.807) is 7.11 Å². The number of hydrogen-bond donors (Lipinski definition) is 1. The largest absolute Gasteiger partial charge is 0.497 e. The highest BCUT2D eigenvalue weighted by atomic mass is 16.5. The minimum atomic E-state index is 0.461. The molecule has 1 N–H and O–H groups in total. The highest BCUT2D eigenvalue weighted by molar-refractivity contribution is 5.28. The summed E-state index contributed by atoms with van der Waals surface area (Å²) in [5, 5.41) is 3.68. The Bertz CT molecular complexity index is 392. The van der Waals surface area contributed by atoms with Gasteiger partial charge in [0.15, 0.2) is 0 Å². The molecule has 1 fully saturated rings. The van der Waals surface area contributed by atoms with Crippen molar-refractivity contribution in [3.05, 3.63) is 29.8 Å². The zero-order valence-corrected chi connectivity index (χ0v) is 12.7. The van der Waals surface area contributed by atoms with Crippen LogP contribution in [-0.4, -0.2) is 32.4 Å². The lowest BCUT2D eigenvalue weighted by Crippen LogP contribution is -2.39. The summed E-state index contributed by atoms with van der Waals surface area (Å²) in [6, 6.07) is 8.94. The minimum Gasteiger partial charge on any atom is -0.497 e. The highest BCUT2D eigenvalue weighted by Gasteiger charge is 2.21. The van der Waals surface area contributed by atoms with Gasteiger partial charge in [-0.1, -0.05) is 25.5 Å². The lowest BCUT2D eigenvalue weighted by atomic mass is 10.00. The van der Waals surface area contributed by atoms with E-state index in [0.717, 1.165) is 38.2 Å². The second-order valence-electron chi connectivity index (χ2n) is 5.56. The topological polar surface area (TPSA) is 30.5 Å². The summed E-state index contributed by atoms with van der Waals surface area (Å²) < 4.78 is 11.0. The first kappa shape index (κ1) is 15.3. The molecule has 0 aliphatic carbocycles. The van der Waals surface area contributed by atoms with Crippen LogP contribution in [0.1, 0.15) is 38.2 Å². The molecule has 1 aromatic carbocycles. The van der Waals surface area contributed by atoms with E-state index in [1.807, 2.05) is 6.07 Å². The monoisotopic (exact) mass is 277 g/mol. The first-order valence-electron chi connectivity index (χ1n) is 7.79. The van der Waals surface area contributed by atoms with Crippen LogP contribution in [0.5, 0.6) is 5.75 Å². The second kappa shape index (κ2) is 8.28. The summed E-state index contributed by atoms with van der Waals surface area (Å²) in [5.74, 6) is 0.941. The second-order valence-corrected chi connectivity index (χ2v) is 5.56. The fourth-order valence-electron chi connectivity index (χ4n) is 2.84. The average Bonchev–Trinajstić information content (AvgIpc) is 2.48. The minimum absolute atomic E-state index is 0.461. The van der Waals surface area contributed by atoms with Crippen LogP contribution < -0.4 is 10.1 Å². The van der Waals surface area contributed by atoms with Crippen molar-refractivity contribution in [2.24, 2.45) is 0 Å². The molecule has 1 aromatic rings. The van der Waals surface area contributed by atoms with Crippen LogP contribution in [0.25, 0.3) is 0 Å². The van der Waals surface area contributed by atoms with E-state index < -0.39 is 0 Å². The summed E-state index contributed by atoms with van der Waals surface area (Å²) in [6.45, 7) is 4.15. The molecule has 0 aromatic heterocycles. The van der Waals surface area contributed by atoms with Crippen molar-refractivity contribution in [2.75, 3.05) is 20.3 Å². The molecule has 0 bridgehead atoms. The number of benzene rings is 1. The smallest absolute Gasteiger partial charge is 0.119 e. The number of hydrogen-bond acceptors (Lipinski definition) is 3. The zero-order valence-electron chi connectivity index (χ0n) is 12.7. The Kier molecular flexibility index (Phi) is 6.34. The van der Waals surface area contributed by atoms with E-state index in [-0.39, 0.29) is 0 Å². The maximum Gasteiger partial charge on any atom is 0.119 e. The number of nitrogens with one attached hydrogen (secondary N) is 1. The van der Waals surface area contributed by atoms with E-state index in [1.165, 1.54) is 18.4 Å². The Hall–Kier alpha value is -1.06. The summed E-state index contributed by atoms with van der Waals surface area (Å²) in [7, 11) is 1.72. The molecule has 1 heterocycles. The number of methoxy groups -OCH3 is 1. The molecule has 0 saturated carbocycles. The van der Waals surface area contributed by atoms with E-state index in [4.69, 9.17) is 9.47 Å². The van der Waals surface area contributed by atoms with Gasteiger partial charge in [-0.15, -0.1) is 0 Å². The third kappa shape index (κ3) is 4.80. The van der Waals surface area contributed by atoms with E-state index in [0.29, 0.717) is 12.1 Å². The third-order valence-electron chi connectivity index (χ3n) is 3.96. The van der Waals surface area contributed by atoms with Gasteiger partial charge in [-0.25, -0.2) is 0 Å². The van der Waals surface area contributed by atoms with Crippen molar-refractivity contribution in [3.8, 4) is 5.75 Å². The van der Waals surface area contributed by atoms with Crippen molar-refractivity contribution in [1.82, 2.24) is 5.32 Å². The molecular weight excluding hydrogens is 250 g/mol. The van der Waals surface area contributed by atoms with Crippen molar-refractivity contribution in [1.29, 1.82) is 0 Å². The van der Waals surface area contributed by atoms with Gasteiger partial charge in [0.2, 0.25) is 0 Å². The third-order valence-corrected chi connectivity index (χ3v) is 3.96. The normalized spacial score (nSPS) is 22.7. The molecule has 1 aliphatic heterocycles. The predicted octanol–water partition coefficient (Wildman–Crippen LogP) is 3.18. The first-order valence-corrected chi connectivity index (χ1v) is 7.79. The van der Waals surface area contributed by atoms with Gasteiger partial charge in [0.05, 0.1) is 13.2 Å². The molecule has 2 atom stereocenters. The maximum atomic E-state index is 5.79. The molecule has 1 aliphatic rings. The Morgan fingerprint density at radius 1 is 1.40 bits per heavy atom. The summed E-state index contributed by atoms with van der Waals surface area (Å²) in [4.78, 5) is 0. The fourth-order valence-corrected chi connectivity index (χ4v) is 2.84. The van der Waals surface area contributed by atoms with Crippen LogP contribution in [-0.2, 0) is 11.2 Å². The number of ether oxygens (including phenoxy) is 2. The predicted molar refractivity (Wildman–Crippen MR) is 82.4 cm³/mol. The van der Waals surface area contributed by atoms with Crippen molar-refractivity contribution in [2.45, 2.75) is 51.2 Å². The number of rotatable bonds is 7. The zero-order chi connectivity index (χ0) is 14.2. The van der Waals surface area contributed by atoms with Crippen LogP contribution in [0.15, 0.2) is 24.3 Å². The molecule has 2 rings (SSSR count). The van der Waals surface area contributed by atoms with Crippen LogP contribution in [0.3, 0.4) is 0 Å².